The second kappa shape index (κ2) is 8.05. The van der Waals surface area contributed by atoms with E-state index in [0.717, 1.165) is 6.42 Å². The summed E-state index contributed by atoms with van der Waals surface area (Å²) in [5.74, 6) is -1.70. The lowest BCUT2D eigenvalue weighted by Crippen LogP contribution is -2.39. The van der Waals surface area contributed by atoms with Crippen LogP contribution in [0.4, 0.5) is 0 Å². The van der Waals surface area contributed by atoms with Crippen molar-refractivity contribution >= 4 is 11.9 Å². The molecule has 0 aliphatic carbocycles. The van der Waals surface area contributed by atoms with Crippen molar-refractivity contribution in [3.05, 3.63) is 0 Å². The summed E-state index contributed by atoms with van der Waals surface area (Å²) in [5, 5.41) is 0. The molecule has 0 amide bonds. The summed E-state index contributed by atoms with van der Waals surface area (Å²) in [6.07, 6.45) is -0.0230. The molecule has 1 aliphatic rings. The summed E-state index contributed by atoms with van der Waals surface area (Å²) >= 11 is 0. The first-order valence-electron chi connectivity index (χ1n) is 6.24. The van der Waals surface area contributed by atoms with Crippen LogP contribution in [0.5, 0.6) is 0 Å². The molecule has 1 fully saturated rings. The highest BCUT2D eigenvalue weighted by atomic mass is 16.7. The van der Waals surface area contributed by atoms with E-state index in [4.69, 9.17) is 18.9 Å². The third-order valence-corrected chi connectivity index (χ3v) is 2.46. The molecule has 6 nitrogen and oxygen atoms in total. The summed E-state index contributed by atoms with van der Waals surface area (Å²) in [6.45, 7) is 4.99. The fourth-order valence-corrected chi connectivity index (χ4v) is 1.68. The monoisotopic (exact) mass is 260 g/mol. The van der Waals surface area contributed by atoms with Crippen molar-refractivity contribution in [3.8, 4) is 0 Å². The van der Waals surface area contributed by atoms with Crippen molar-refractivity contribution in [1.29, 1.82) is 0 Å². The molecular weight excluding hydrogens is 240 g/mol. The van der Waals surface area contributed by atoms with Gasteiger partial charge in [-0.15, -0.1) is 0 Å². The molecule has 1 atom stereocenters. The first kappa shape index (κ1) is 14.9. The third-order valence-electron chi connectivity index (χ3n) is 2.46. The first-order valence-corrected chi connectivity index (χ1v) is 6.24. The van der Waals surface area contributed by atoms with Crippen LogP contribution < -0.4 is 0 Å². The summed E-state index contributed by atoms with van der Waals surface area (Å²) in [7, 11) is 0. The molecule has 1 heterocycles. The number of carbonyl (C=O) groups is 2. The Balaban J connectivity index is 2.61. The van der Waals surface area contributed by atoms with Crippen molar-refractivity contribution in [1.82, 2.24) is 0 Å². The summed E-state index contributed by atoms with van der Waals surface area (Å²) in [6, 6.07) is 0. The van der Waals surface area contributed by atoms with Gasteiger partial charge in [0.1, 0.15) is 5.92 Å². The molecule has 6 heteroatoms. The Morgan fingerprint density at radius 1 is 1.17 bits per heavy atom. The lowest BCUT2D eigenvalue weighted by molar-refractivity contribution is -0.216. The van der Waals surface area contributed by atoms with E-state index in [0.29, 0.717) is 13.2 Å². The Morgan fingerprint density at radius 2 is 1.78 bits per heavy atom. The maximum atomic E-state index is 11.8. The van der Waals surface area contributed by atoms with Crippen molar-refractivity contribution in [2.45, 2.75) is 33.0 Å². The fraction of sp³-hybridized carbons (Fsp3) is 0.833. The van der Waals surface area contributed by atoms with Crippen LogP contribution in [0.25, 0.3) is 0 Å². The average molecular weight is 260 g/mol. The normalized spacial score (nSPS) is 18.1. The predicted octanol–water partition coefficient (Wildman–Crippen LogP) is 0.882. The number of carbonyl (C=O) groups excluding carboxylic acids is 2. The molecule has 1 aliphatic heterocycles. The van der Waals surface area contributed by atoms with Gasteiger partial charge in [0.25, 0.3) is 0 Å². The average Bonchev–Trinajstić information content (AvgIpc) is 2.37. The van der Waals surface area contributed by atoms with E-state index in [1.165, 1.54) is 0 Å². The van der Waals surface area contributed by atoms with Gasteiger partial charge in [0.15, 0.2) is 6.29 Å². The van der Waals surface area contributed by atoms with Crippen LogP contribution in [0.3, 0.4) is 0 Å². The minimum Gasteiger partial charge on any atom is -0.466 e. The number of rotatable bonds is 6. The summed E-state index contributed by atoms with van der Waals surface area (Å²) < 4.78 is 20.5. The summed E-state index contributed by atoms with van der Waals surface area (Å²) in [5.41, 5.74) is 0. The van der Waals surface area contributed by atoms with E-state index >= 15 is 0 Å². The number of ether oxygens (including phenoxy) is 4. The molecule has 1 unspecified atom stereocenters. The van der Waals surface area contributed by atoms with Crippen LogP contribution in [0.15, 0.2) is 0 Å². The highest BCUT2D eigenvalue weighted by Crippen LogP contribution is 2.20. The molecule has 104 valence electrons. The van der Waals surface area contributed by atoms with Crippen LogP contribution in [0.1, 0.15) is 26.7 Å². The zero-order valence-corrected chi connectivity index (χ0v) is 10.8. The van der Waals surface area contributed by atoms with Crippen molar-refractivity contribution in [2.75, 3.05) is 26.4 Å². The van der Waals surface area contributed by atoms with Crippen molar-refractivity contribution < 1.29 is 28.5 Å². The van der Waals surface area contributed by atoms with E-state index in [2.05, 4.69) is 0 Å². The molecule has 18 heavy (non-hydrogen) atoms. The minimum atomic E-state index is -0.760. The smallest absolute Gasteiger partial charge is 0.314 e. The zero-order valence-electron chi connectivity index (χ0n) is 10.8. The maximum Gasteiger partial charge on any atom is 0.314 e. The number of hydrogen-bond acceptors (Lipinski definition) is 6. The van der Waals surface area contributed by atoms with Crippen molar-refractivity contribution in [3.63, 3.8) is 0 Å². The van der Waals surface area contributed by atoms with Gasteiger partial charge >= 0.3 is 11.9 Å². The Morgan fingerprint density at radius 3 is 2.33 bits per heavy atom. The summed E-state index contributed by atoms with van der Waals surface area (Å²) in [4.78, 5) is 23.3. The van der Waals surface area contributed by atoms with Gasteiger partial charge in [-0.3, -0.25) is 9.59 Å². The van der Waals surface area contributed by atoms with Crippen LogP contribution >= 0.6 is 0 Å². The predicted molar refractivity (Wildman–Crippen MR) is 61.7 cm³/mol. The van der Waals surface area contributed by atoms with Gasteiger partial charge in [0.2, 0.25) is 0 Å². The van der Waals surface area contributed by atoms with Gasteiger partial charge in [-0.2, -0.15) is 0 Å². The number of hydrogen-bond donors (Lipinski definition) is 0. The molecular formula is C12H20O6. The second-order valence-corrected chi connectivity index (χ2v) is 3.83. The van der Waals surface area contributed by atoms with Crippen LogP contribution in [0, 0.1) is 5.92 Å². The second-order valence-electron chi connectivity index (χ2n) is 3.83. The van der Waals surface area contributed by atoms with Crippen LogP contribution in [-0.4, -0.2) is 44.7 Å². The topological polar surface area (TPSA) is 71.1 Å². The van der Waals surface area contributed by atoms with Crippen LogP contribution in [0.2, 0.25) is 0 Å². The SMILES string of the molecule is CCOC(=O)CC(C(=O)OCC)C1OCCCO1. The Bertz CT molecular complexity index is 272. The molecule has 0 bridgehead atoms. The van der Waals surface area contributed by atoms with E-state index in [9.17, 15) is 9.59 Å². The molecule has 1 rings (SSSR count). The minimum absolute atomic E-state index is 0.0860. The standard InChI is InChI=1S/C12H20O6/c1-3-15-10(13)8-9(11(14)16-4-2)12-17-6-5-7-18-12/h9,12H,3-8H2,1-2H3. The van der Waals surface area contributed by atoms with Gasteiger partial charge in [-0.25, -0.2) is 0 Å². The third kappa shape index (κ3) is 4.62. The van der Waals surface area contributed by atoms with Gasteiger partial charge in [0, 0.05) is 0 Å². The molecule has 0 saturated carbocycles. The van der Waals surface area contributed by atoms with E-state index < -0.39 is 24.1 Å². The zero-order chi connectivity index (χ0) is 13.4. The van der Waals surface area contributed by atoms with Gasteiger partial charge < -0.3 is 18.9 Å². The highest BCUT2D eigenvalue weighted by Gasteiger charge is 2.35. The maximum absolute atomic E-state index is 11.8. The Kier molecular flexibility index (Phi) is 6.67. The number of esters is 2. The molecule has 0 N–H and O–H groups in total. The fourth-order valence-electron chi connectivity index (χ4n) is 1.68. The van der Waals surface area contributed by atoms with Crippen LogP contribution in [-0.2, 0) is 28.5 Å². The Hall–Kier alpha value is -1.14. The van der Waals surface area contributed by atoms with E-state index in [1.54, 1.807) is 13.8 Å². The molecule has 0 aromatic rings. The molecule has 0 radical (unpaired) electrons. The Labute approximate surface area is 107 Å². The van der Waals surface area contributed by atoms with E-state index in [1.807, 2.05) is 0 Å². The molecule has 0 aromatic heterocycles. The lowest BCUT2D eigenvalue weighted by Gasteiger charge is -2.28. The van der Waals surface area contributed by atoms with E-state index in [-0.39, 0.29) is 19.6 Å². The first-order chi connectivity index (χ1) is 8.69. The van der Waals surface area contributed by atoms with Gasteiger partial charge in [-0.1, -0.05) is 0 Å². The van der Waals surface area contributed by atoms with Crippen molar-refractivity contribution in [2.24, 2.45) is 5.92 Å². The lowest BCUT2D eigenvalue weighted by atomic mass is 10.0. The van der Waals surface area contributed by atoms with Gasteiger partial charge in [-0.05, 0) is 20.3 Å². The molecule has 1 saturated heterocycles. The van der Waals surface area contributed by atoms with Gasteiger partial charge in [0.05, 0.1) is 32.8 Å². The molecule has 0 aromatic carbocycles. The largest absolute Gasteiger partial charge is 0.466 e. The quantitative estimate of drug-likeness (QED) is 0.660. The molecule has 0 spiro atoms. The highest BCUT2D eigenvalue weighted by molar-refractivity contribution is 5.80.